The molecule has 0 aliphatic carbocycles. The number of hydrogen-bond donors (Lipinski definition) is 0. The van der Waals surface area contributed by atoms with E-state index < -0.39 is 5.63 Å². The Bertz CT molecular complexity index is 1060. The van der Waals surface area contributed by atoms with Crippen LogP contribution < -0.4 is 10.5 Å². The largest absolute Gasteiger partial charge is 0.403 e. The molecule has 0 bridgehead atoms. The van der Waals surface area contributed by atoms with Crippen LogP contribution in [0.25, 0.3) is 22.4 Å². The molecule has 1 aliphatic rings. The Morgan fingerprint density at radius 2 is 1.64 bits per heavy atom. The second kappa shape index (κ2) is 5.82. The van der Waals surface area contributed by atoms with Crippen LogP contribution in [0.4, 0.5) is 5.69 Å². The number of carbonyl (C=O) groups excluding carboxylic acids is 2. The maximum atomic E-state index is 12.1. The van der Waals surface area contributed by atoms with Crippen LogP contribution in [0.5, 0.6) is 0 Å². The van der Waals surface area contributed by atoms with E-state index in [1.54, 1.807) is 42.5 Å². The second-order valence-corrected chi connectivity index (χ2v) is 6.07. The summed E-state index contributed by atoms with van der Waals surface area (Å²) in [6.45, 7) is 0. The third kappa shape index (κ3) is 2.70. The molecule has 0 radical (unpaired) electrons. The Hall–Kier alpha value is -2.99. The summed E-state index contributed by atoms with van der Waals surface area (Å²) >= 11 is 5.95. The van der Waals surface area contributed by atoms with Gasteiger partial charge in [-0.3, -0.25) is 14.5 Å². The first-order valence-electron chi connectivity index (χ1n) is 7.59. The van der Waals surface area contributed by atoms with Crippen LogP contribution in [0.15, 0.2) is 51.7 Å². The highest BCUT2D eigenvalue weighted by Crippen LogP contribution is 2.26. The van der Waals surface area contributed by atoms with Crippen LogP contribution in [-0.2, 0) is 9.59 Å². The Morgan fingerprint density at radius 1 is 0.960 bits per heavy atom. The smallest absolute Gasteiger partial charge is 0.347 e. The monoisotopic (exact) mass is 354 g/mol. The van der Waals surface area contributed by atoms with Gasteiger partial charge in [0.1, 0.15) is 0 Å². The van der Waals surface area contributed by atoms with Crippen LogP contribution in [0.1, 0.15) is 12.8 Å². The molecule has 124 valence electrons. The van der Waals surface area contributed by atoms with Gasteiger partial charge in [-0.05, 0) is 42.5 Å². The van der Waals surface area contributed by atoms with Gasteiger partial charge < -0.3 is 4.42 Å². The van der Waals surface area contributed by atoms with Crippen LogP contribution >= 0.6 is 11.6 Å². The number of anilines is 1. The van der Waals surface area contributed by atoms with Gasteiger partial charge in [0, 0.05) is 23.4 Å². The maximum Gasteiger partial charge on any atom is 0.347 e. The summed E-state index contributed by atoms with van der Waals surface area (Å²) in [4.78, 5) is 41.2. The van der Waals surface area contributed by atoms with Crippen molar-refractivity contribution in [1.29, 1.82) is 0 Å². The van der Waals surface area contributed by atoms with Crippen molar-refractivity contribution in [2.75, 3.05) is 4.90 Å². The van der Waals surface area contributed by atoms with Crippen LogP contribution in [0, 0.1) is 0 Å². The predicted octanol–water partition coefficient (Wildman–Crippen LogP) is 3.16. The fourth-order valence-corrected chi connectivity index (χ4v) is 2.95. The predicted molar refractivity (Wildman–Crippen MR) is 92.5 cm³/mol. The number of nitrogens with zero attached hydrogens (tertiary/aromatic N) is 2. The molecule has 4 rings (SSSR count). The van der Waals surface area contributed by atoms with Gasteiger partial charge in [0.15, 0.2) is 0 Å². The lowest BCUT2D eigenvalue weighted by Gasteiger charge is -2.13. The highest BCUT2D eigenvalue weighted by molar-refractivity contribution is 6.31. The molecule has 0 unspecified atom stereocenters. The molecule has 6 nitrogen and oxygen atoms in total. The number of halogens is 1. The van der Waals surface area contributed by atoms with E-state index in [-0.39, 0.29) is 30.5 Å². The van der Waals surface area contributed by atoms with Gasteiger partial charge in [0.05, 0.1) is 16.6 Å². The van der Waals surface area contributed by atoms with E-state index in [0.717, 1.165) is 4.90 Å². The zero-order valence-electron chi connectivity index (χ0n) is 12.9. The van der Waals surface area contributed by atoms with Crippen molar-refractivity contribution in [1.82, 2.24) is 4.98 Å². The molecule has 1 aliphatic heterocycles. The minimum absolute atomic E-state index is 0.144. The number of fused-ring (bicyclic) bond motifs is 1. The van der Waals surface area contributed by atoms with Crippen molar-refractivity contribution < 1.29 is 14.0 Å². The molecule has 1 saturated heterocycles. The first-order valence-corrected chi connectivity index (χ1v) is 7.97. The van der Waals surface area contributed by atoms with Crippen molar-refractivity contribution in [2.24, 2.45) is 0 Å². The fraction of sp³-hybridized carbons (Fsp3) is 0.111. The minimum atomic E-state index is -0.509. The fourth-order valence-electron chi connectivity index (χ4n) is 2.79. The van der Waals surface area contributed by atoms with Crippen molar-refractivity contribution in [2.45, 2.75) is 12.8 Å². The number of amides is 2. The van der Waals surface area contributed by atoms with Crippen molar-refractivity contribution in [3.8, 4) is 11.5 Å². The summed E-state index contributed by atoms with van der Waals surface area (Å²) in [6.07, 6.45) is 0.449. The number of carbonyl (C=O) groups is 2. The molecule has 3 aromatic rings. The normalized spacial score (nSPS) is 14.5. The van der Waals surface area contributed by atoms with Crippen LogP contribution in [0.2, 0.25) is 5.02 Å². The molecular weight excluding hydrogens is 344 g/mol. The Kier molecular flexibility index (Phi) is 3.62. The molecule has 2 aromatic carbocycles. The molecule has 1 aromatic heterocycles. The molecule has 0 atom stereocenters. The zero-order valence-corrected chi connectivity index (χ0v) is 13.6. The summed E-state index contributed by atoms with van der Waals surface area (Å²) in [7, 11) is 0. The van der Waals surface area contributed by atoms with E-state index in [1.165, 1.54) is 0 Å². The highest BCUT2D eigenvalue weighted by Gasteiger charge is 2.30. The van der Waals surface area contributed by atoms with Gasteiger partial charge in [-0.1, -0.05) is 11.6 Å². The lowest BCUT2D eigenvalue weighted by molar-refractivity contribution is -0.121. The molecule has 2 heterocycles. The van der Waals surface area contributed by atoms with Crippen molar-refractivity contribution in [3.05, 3.63) is 57.9 Å². The van der Waals surface area contributed by atoms with E-state index in [9.17, 15) is 14.4 Å². The van der Waals surface area contributed by atoms with Crippen molar-refractivity contribution in [3.63, 3.8) is 0 Å². The van der Waals surface area contributed by atoms with E-state index in [0.29, 0.717) is 27.2 Å². The van der Waals surface area contributed by atoms with Gasteiger partial charge in [0.2, 0.25) is 17.7 Å². The Balaban J connectivity index is 1.75. The zero-order chi connectivity index (χ0) is 17.6. The van der Waals surface area contributed by atoms with Crippen molar-refractivity contribution >= 4 is 40.0 Å². The molecule has 1 fully saturated rings. The van der Waals surface area contributed by atoms with Gasteiger partial charge >= 0.3 is 5.63 Å². The summed E-state index contributed by atoms with van der Waals surface area (Å²) in [6, 6.07) is 11.3. The Morgan fingerprint density at radius 3 is 2.32 bits per heavy atom. The molecule has 7 heteroatoms. The molecule has 0 spiro atoms. The third-order valence-corrected chi connectivity index (χ3v) is 4.25. The first kappa shape index (κ1) is 15.5. The number of aromatic nitrogens is 1. The SMILES string of the molecule is O=C1CCC(=O)N1c1ccc(-c2nc3cc(Cl)ccc3c(=O)o2)cc1. The molecular formula is C18H11ClN2O4. The average molecular weight is 355 g/mol. The summed E-state index contributed by atoms with van der Waals surface area (Å²) in [5, 5.41) is 0.816. The van der Waals surface area contributed by atoms with Crippen LogP contribution in [0.3, 0.4) is 0 Å². The molecule has 25 heavy (non-hydrogen) atoms. The Labute approximate surface area is 146 Å². The molecule has 0 N–H and O–H groups in total. The van der Waals surface area contributed by atoms with Gasteiger partial charge in [-0.15, -0.1) is 0 Å². The highest BCUT2D eigenvalue weighted by atomic mass is 35.5. The van der Waals surface area contributed by atoms with Crippen LogP contribution in [-0.4, -0.2) is 16.8 Å². The number of hydrogen-bond acceptors (Lipinski definition) is 5. The molecule has 0 saturated carbocycles. The van der Waals surface area contributed by atoms with Gasteiger partial charge in [-0.2, -0.15) is 0 Å². The van der Waals surface area contributed by atoms with E-state index in [2.05, 4.69) is 4.98 Å². The second-order valence-electron chi connectivity index (χ2n) is 5.64. The standard InChI is InChI=1S/C18H11ClN2O4/c19-11-3-6-13-14(9-11)20-17(25-18(13)24)10-1-4-12(5-2-10)21-15(22)7-8-16(21)23/h1-6,9H,7-8H2. The third-order valence-electron chi connectivity index (χ3n) is 4.02. The number of rotatable bonds is 2. The summed E-state index contributed by atoms with van der Waals surface area (Å²) < 4.78 is 5.27. The van der Waals surface area contributed by atoms with E-state index in [1.807, 2.05) is 0 Å². The minimum Gasteiger partial charge on any atom is -0.403 e. The maximum absolute atomic E-state index is 12.1. The lowest BCUT2D eigenvalue weighted by Crippen LogP contribution is -2.28. The number of benzene rings is 2. The van der Waals surface area contributed by atoms with Gasteiger partial charge in [0.25, 0.3) is 0 Å². The van der Waals surface area contributed by atoms with Gasteiger partial charge in [-0.25, -0.2) is 9.78 Å². The summed E-state index contributed by atoms with van der Waals surface area (Å²) in [5.41, 5.74) is 0.975. The van der Waals surface area contributed by atoms with E-state index in [4.69, 9.17) is 16.0 Å². The first-order chi connectivity index (χ1) is 12.0. The quantitative estimate of drug-likeness (QED) is 0.660. The molecule has 2 amide bonds. The average Bonchev–Trinajstić information content (AvgIpc) is 2.93. The summed E-state index contributed by atoms with van der Waals surface area (Å²) in [5.74, 6) is -0.295. The lowest BCUT2D eigenvalue weighted by atomic mass is 10.2. The number of imide groups is 1. The van der Waals surface area contributed by atoms with E-state index >= 15 is 0 Å². The topological polar surface area (TPSA) is 80.5 Å².